The Hall–Kier alpha value is -1.00. The van der Waals surface area contributed by atoms with Gasteiger partial charge in [0, 0.05) is 19.3 Å². The highest BCUT2D eigenvalue weighted by Gasteiger charge is 2.20. The summed E-state index contributed by atoms with van der Waals surface area (Å²) in [5, 5.41) is 3.28. The fraction of sp³-hybridized carbons (Fsp3) is 0.600. The number of ether oxygens (including phenoxy) is 1. The molecule has 1 N–H and O–H groups in total. The van der Waals surface area contributed by atoms with Crippen molar-refractivity contribution in [3.63, 3.8) is 0 Å². The Labute approximate surface area is 113 Å². The van der Waals surface area contributed by atoms with Gasteiger partial charge in [-0.3, -0.25) is 0 Å². The van der Waals surface area contributed by atoms with Crippen LogP contribution in [0.25, 0.3) is 0 Å². The molecule has 0 amide bonds. The third-order valence-electron chi connectivity index (χ3n) is 3.41. The van der Waals surface area contributed by atoms with Crippen molar-refractivity contribution in [2.45, 2.75) is 32.2 Å². The molecule has 19 heavy (non-hydrogen) atoms. The molecule has 0 bridgehead atoms. The molecule has 0 aromatic heterocycles. The lowest BCUT2D eigenvalue weighted by Crippen LogP contribution is -2.21. The fourth-order valence-electron chi connectivity index (χ4n) is 1.93. The normalized spacial score (nSPS) is 16.6. The van der Waals surface area contributed by atoms with Crippen LogP contribution < -0.4 is 5.32 Å². The van der Waals surface area contributed by atoms with Crippen LogP contribution >= 0.6 is 0 Å². The molecule has 1 aliphatic rings. The highest BCUT2D eigenvalue weighted by Crippen LogP contribution is 2.28. The lowest BCUT2D eigenvalue weighted by Gasteiger charge is -2.14. The van der Waals surface area contributed by atoms with E-state index in [1.807, 2.05) is 6.92 Å². The smallest absolute Gasteiger partial charge is 0.159 e. The van der Waals surface area contributed by atoms with Crippen LogP contribution in [0.4, 0.5) is 8.78 Å². The lowest BCUT2D eigenvalue weighted by molar-refractivity contribution is 0.121. The van der Waals surface area contributed by atoms with Crippen LogP contribution in [-0.4, -0.2) is 19.8 Å². The van der Waals surface area contributed by atoms with Crippen molar-refractivity contribution >= 4 is 0 Å². The molecule has 1 atom stereocenters. The van der Waals surface area contributed by atoms with Gasteiger partial charge in [0.1, 0.15) is 0 Å². The zero-order chi connectivity index (χ0) is 13.7. The van der Waals surface area contributed by atoms with Gasteiger partial charge in [-0.15, -0.1) is 0 Å². The van der Waals surface area contributed by atoms with Crippen molar-refractivity contribution in [3.8, 4) is 0 Å². The maximum Gasteiger partial charge on any atom is 0.159 e. The Morgan fingerprint density at radius 1 is 1.32 bits per heavy atom. The van der Waals surface area contributed by atoms with E-state index in [1.165, 1.54) is 25.0 Å². The van der Waals surface area contributed by atoms with Gasteiger partial charge in [-0.1, -0.05) is 6.07 Å². The monoisotopic (exact) mass is 269 g/mol. The zero-order valence-electron chi connectivity index (χ0n) is 11.3. The third kappa shape index (κ3) is 4.88. The van der Waals surface area contributed by atoms with Crippen molar-refractivity contribution < 1.29 is 13.5 Å². The van der Waals surface area contributed by atoms with Crippen LogP contribution in [0.5, 0.6) is 0 Å². The van der Waals surface area contributed by atoms with Crippen molar-refractivity contribution in [2.24, 2.45) is 5.92 Å². The van der Waals surface area contributed by atoms with Crippen LogP contribution in [0.3, 0.4) is 0 Å². The third-order valence-corrected chi connectivity index (χ3v) is 3.41. The van der Waals surface area contributed by atoms with Crippen molar-refractivity contribution in [2.75, 3.05) is 19.8 Å². The van der Waals surface area contributed by atoms with Crippen molar-refractivity contribution in [1.82, 2.24) is 5.32 Å². The van der Waals surface area contributed by atoms with Gasteiger partial charge < -0.3 is 10.1 Å². The average Bonchev–Trinajstić information content (AvgIpc) is 3.20. The highest BCUT2D eigenvalue weighted by atomic mass is 19.2. The second-order valence-corrected chi connectivity index (χ2v) is 5.22. The molecule has 0 heterocycles. The van der Waals surface area contributed by atoms with Gasteiger partial charge in [0.25, 0.3) is 0 Å². The van der Waals surface area contributed by atoms with Crippen molar-refractivity contribution in [1.29, 1.82) is 0 Å². The molecule has 1 aliphatic carbocycles. The topological polar surface area (TPSA) is 21.3 Å². The summed E-state index contributed by atoms with van der Waals surface area (Å²) in [5.41, 5.74) is 0.762. The maximum atomic E-state index is 13.1. The molecular formula is C15H21F2NO. The number of nitrogens with one attached hydrogen (secondary N) is 1. The molecule has 2 rings (SSSR count). The number of hydrogen-bond donors (Lipinski definition) is 1. The van der Waals surface area contributed by atoms with Crippen molar-refractivity contribution in [3.05, 3.63) is 35.4 Å². The van der Waals surface area contributed by atoms with E-state index >= 15 is 0 Å². The Kier molecular flexibility index (Phi) is 5.28. The van der Waals surface area contributed by atoms with E-state index < -0.39 is 11.6 Å². The quantitative estimate of drug-likeness (QED) is 0.730. The second-order valence-electron chi connectivity index (χ2n) is 5.22. The number of halogens is 2. The molecule has 1 aromatic rings. The molecule has 1 fully saturated rings. The Morgan fingerprint density at radius 3 is 2.79 bits per heavy atom. The van der Waals surface area contributed by atoms with Gasteiger partial charge in [-0.25, -0.2) is 8.78 Å². The standard InChI is InChI=1S/C15H21F2NO/c1-11(13-5-6-14(16)15(17)9-13)18-7-2-8-19-10-12-3-4-12/h5-6,9,11-12,18H,2-4,7-8,10H2,1H3. The Morgan fingerprint density at radius 2 is 2.11 bits per heavy atom. The van der Waals surface area contributed by atoms with Crippen LogP contribution in [0.15, 0.2) is 18.2 Å². The molecule has 1 saturated carbocycles. The summed E-state index contributed by atoms with van der Waals surface area (Å²) >= 11 is 0. The summed E-state index contributed by atoms with van der Waals surface area (Å²) in [6, 6.07) is 4.04. The summed E-state index contributed by atoms with van der Waals surface area (Å²) < 4.78 is 31.4. The van der Waals surface area contributed by atoms with Gasteiger partial charge in [0.15, 0.2) is 11.6 Å². The molecule has 0 aliphatic heterocycles. The van der Waals surface area contributed by atoms with E-state index in [1.54, 1.807) is 6.07 Å². The number of benzene rings is 1. The summed E-state index contributed by atoms with van der Waals surface area (Å²) in [4.78, 5) is 0. The summed E-state index contributed by atoms with van der Waals surface area (Å²) in [5.74, 6) is -0.794. The van der Waals surface area contributed by atoms with Gasteiger partial charge in [-0.2, -0.15) is 0 Å². The largest absolute Gasteiger partial charge is 0.381 e. The molecule has 0 saturated heterocycles. The van der Waals surface area contributed by atoms with E-state index in [2.05, 4.69) is 5.32 Å². The van der Waals surface area contributed by atoms with Crippen LogP contribution in [0.1, 0.15) is 37.8 Å². The van der Waals surface area contributed by atoms with E-state index in [-0.39, 0.29) is 6.04 Å². The average molecular weight is 269 g/mol. The van der Waals surface area contributed by atoms with Gasteiger partial charge >= 0.3 is 0 Å². The van der Waals surface area contributed by atoms with E-state index in [0.717, 1.165) is 37.7 Å². The minimum atomic E-state index is -0.801. The predicted molar refractivity (Wildman–Crippen MR) is 70.9 cm³/mol. The zero-order valence-corrected chi connectivity index (χ0v) is 11.3. The first-order valence-electron chi connectivity index (χ1n) is 6.93. The fourth-order valence-corrected chi connectivity index (χ4v) is 1.93. The minimum absolute atomic E-state index is 0.0125. The Balaban J connectivity index is 1.62. The number of hydrogen-bond acceptors (Lipinski definition) is 2. The molecule has 0 radical (unpaired) electrons. The second kappa shape index (κ2) is 6.96. The number of rotatable bonds is 8. The maximum absolute atomic E-state index is 13.1. The molecule has 1 unspecified atom stereocenters. The first-order valence-corrected chi connectivity index (χ1v) is 6.93. The Bertz CT molecular complexity index is 407. The SMILES string of the molecule is CC(NCCCOCC1CC1)c1ccc(F)c(F)c1. The first-order chi connectivity index (χ1) is 9.16. The molecule has 0 spiro atoms. The molecular weight excluding hydrogens is 248 g/mol. The van der Waals surface area contributed by atoms with Gasteiger partial charge in [0.2, 0.25) is 0 Å². The summed E-state index contributed by atoms with van der Waals surface area (Å²) in [6.45, 7) is 4.40. The lowest BCUT2D eigenvalue weighted by atomic mass is 10.1. The minimum Gasteiger partial charge on any atom is -0.381 e. The summed E-state index contributed by atoms with van der Waals surface area (Å²) in [7, 11) is 0. The molecule has 1 aromatic carbocycles. The first kappa shape index (κ1) is 14.4. The van der Waals surface area contributed by atoms with Gasteiger partial charge in [-0.05, 0) is 56.3 Å². The van der Waals surface area contributed by atoms with E-state index in [4.69, 9.17) is 4.74 Å². The molecule has 4 heteroatoms. The summed E-state index contributed by atoms with van der Waals surface area (Å²) in [6.07, 6.45) is 3.55. The van der Waals surface area contributed by atoms with E-state index in [9.17, 15) is 8.78 Å². The van der Waals surface area contributed by atoms with Crippen LogP contribution in [0.2, 0.25) is 0 Å². The van der Waals surface area contributed by atoms with Crippen LogP contribution in [-0.2, 0) is 4.74 Å². The predicted octanol–water partition coefficient (Wildman–Crippen LogP) is 3.43. The molecule has 106 valence electrons. The van der Waals surface area contributed by atoms with Crippen LogP contribution in [0, 0.1) is 17.6 Å². The van der Waals surface area contributed by atoms with E-state index in [0.29, 0.717) is 0 Å². The van der Waals surface area contributed by atoms with Gasteiger partial charge in [0.05, 0.1) is 0 Å². The highest BCUT2D eigenvalue weighted by molar-refractivity contribution is 5.20. The molecule has 2 nitrogen and oxygen atoms in total.